The lowest BCUT2D eigenvalue weighted by Gasteiger charge is -2.35. The van der Waals surface area contributed by atoms with Crippen molar-refractivity contribution in [3.05, 3.63) is 59.7 Å². The van der Waals surface area contributed by atoms with Crippen molar-refractivity contribution in [2.24, 2.45) is 0 Å². The number of benzene rings is 2. The van der Waals surface area contributed by atoms with Crippen LogP contribution >= 0.6 is 20.0 Å². The maximum Gasteiger partial charge on any atom is 0.316 e. The molecule has 0 aliphatic rings. The minimum atomic E-state index is -3.00. The number of hydrogen-bond acceptors (Lipinski definition) is 8. The quantitative estimate of drug-likeness (QED) is 0.106. The zero-order valence-corrected chi connectivity index (χ0v) is 24.1. The molecule has 0 amide bonds. The molecule has 8 nitrogen and oxygen atoms in total. The normalized spacial score (nSPS) is 13.2. The van der Waals surface area contributed by atoms with Crippen LogP contribution in [0, 0.1) is 0 Å². The summed E-state index contributed by atoms with van der Waals surface area (Å²) in [6, 6.07) is 14.7. The first-order chi connectivity index (χ1) is 18.4. The number of hydrogen-bond donors (Lipinski definition) is 3. The topological polar surface area (TPSA) is 123 Å². The molecule has 2 aromatic carbocycles. The lowest BCUT2D eigenvalue weighted by molar-refractivity contribution is 0.0981. The maximum atomic E-state index is 13.4. The SMILES string of the molecule is CCC(CC)(CCO[PH](=O)O)SC(CC(=O)c1ccc(OCCCO)cc1)c1ccc(OCCCO)cc1. The van der Waals surface area contributed by atoms with Gasteiger partial charge in [0.25, 0.3) is 0 Å². The molecule has 0 heterocycles. The first-order valence-corrected chi connectivity index (χ1v) is 15.2. The number of ether oxygens (including phenoxy) is 2. The summed E-state index contributed by atoms with van der Waals surface area (Å²) in [6.07, 6.45) is 3.60. The summed E-state index contributed by atoms with van der Waals surface area (Å²) in [6.45, 7) is 5.32. The van der Waals surface area contributed by atoms with Crippen LogP contribution in [0.4, 0.5) is 0 Å². The third-order valence-corrected chi connectivity index (χ3v) is 8.86. The highest BCUT2D eigenvalue weighted by molar-refractivity contribution is 8.00. The van der Waals surface area contributed by atoms with Crippen LogP contribution < -0.4 is 9.47 Å². The Morgan fingerprint density at radius 3 is 1.89 bits per heavy atom. The van der Waals surface area contributed by atoms with E-state index in [9.17, 15) is 9.36 Å². The van der Waals surface area contributed by atoms with Gasteiger partial charge in [0.1, 0.15) is 11.5 Å². The number of carbonyl (C=O) groups excluding carboxylic acids is 1. The van der Waals surface area contributed by atoms with Crippen LogP contribution in [-0.2, 0) is 9.09 Å². The highest BCUT2D eigenvalue weighted by Crippen LogP contribution is 2.47. The van der Waals surface area contributed by atoms with Crippen LogP contribution in [0.2, 0.25) is 0 Å². The number of Topliss-reactive ketones (excluding diaryl/α,β-unsaturated/α-hetero) is 1. The maximum absolute atomic E-state index is 13.4. The summed E-state index contributed by atoms with van der Waals surface area (Å²) in [4.78, 5) is 22.5. The van der Waals surface area contributed by atoms with E-state index in [4.69, 9.17) is 29.1 Å². The fourth-order valence-corrected chi connectivity index (χ4v) is 5.94. The standard InChI is InChI=1S/C28H41O8PS/c1-3-28(4-2,15-20-36-37(32)33)38-27(23-9-13-25(14-10-23)35-19-6-17-30)21-26(31)22-7-11-24(12-8-22)34-18-5-16-29/h7-14,27,29-30,37H,3-6,15-21H2,1-2H3,(H,32,33). The van der Waals surface area contributed by atoms with E-state index in [0.717, 1.165) is 18.4 Å². The fourth-order valence-electron chi connectivity index (χ4n) is 3.99. The largest absolute Gasteiger partial charge is 0.494 e. The van der Waals surface area contributed by atoms with E-state index in [-0.39, 0.29) is 42.0 Å². The number of thioether (sulfide) groups is 1. The van der Waals surface area contributed by atoms with Gasteiger partial charge in [0.05, 0.1) is 19.8 Å². The lowest BCUT2D eigenvalue weighted by atomic mass is 9.98. The second-order valence-corrected chi connectivity index (χ2v) is 11.4. The predicted molar refractivity (Wildman–Crippen MR) is 152 cm³/mol. The van der Waals surface area contributed by atoms with E-state index in [1.807, 2.05) is 24.3 Å². The van der Waals surface area contributed by atoms with Crippen LogP contribution in [0.15, 0.2) is 48.5 Å². The zero-order valence-electron chi connectivity index (χ0n) is 22.3. The monoisotopic (exact) mass is 568 g/mol. The Hall–Kier alpha value is -1.87. The van der Waals surface area contributed by atoms with Gasteiger partial charge in [-0.2, -0.15) is 0 Å². The van der Waals surface area contributed by atoms with Gasteiger partial charge >= 0.3 is 8.25 Å². The molecular formula is C28H41O8PS. The predicted octanol–water partition coefficient (Wildman–Crippen LogP) is 5.60. The minimum Gasteiger partial charge on any atom is -0.494 e. The molecular weight excluding hydrogens is 527 g/mol. The Balaban J connectivity index is 2.23. The summed E-state index contributed by atoms with van der Waals surface area (Å²) in [7, 11) is -3.00. The van der Waals surface area contributed by atoms with E-state index in [0.29, 0.717) is 49.5 Å². The number of rotatable bonds is 20. The van der Waals surface area contributed by atoms with Crippen molar-refractivity contribution in [1.29, 1.82) is 0 Å². The van der Waals surface area contributed by atoms with Crippen molar-refractivity contribution in [3.63, 3.8) is 0 Å². The van der Waals surface area contributed by atoms with Gasteiger partial charge in [-0.05, 0) is 61.2 Å². The van der Waals surface area contributed by atoms with Gasteiger partial charge in [-0.25, -0.2) is 0 Å². The molecule has 2 atom stereocenters. The number of aliphatic hydroxyl groups excluding tert-OH is 2. The molecule has 0 spiro atoms. The molecule has 0 fully saturated rings. The Kier molecular flexibility index (Phi) is 15.0. The molecule has 3 N–H and O–H groups in total. The van der Waals surface area contributed by atoms with Crippen LogP contribution in [0.5, 0.6) is 11.5 Å². The Morgan fingerprint density at radius 2 is 1.42 bits per heavy atom. The smallest absolute Gasteiger partial charge is 0.316 e. The number of ketones is 1. The van der Waals surface area contributed by atoms with Crippen molar-refractivity contribution in [2.75, 3.05) is 33.0 Å². The van der Waals surface area contributed by atoms with Crippen molar-refractivity contribution >= 4 is 25.8 Å². The molecule has 0 aliphatic heterocycles. The second kappa shape index (κ2) is 17.7. The van der Waals surface area contributed by atoms with E-state index in [1.54, 1.807) is 36.0 Å². The summed E-state index contributed by atoms with van der Waals surface area (Å²) in [5.74, 6) is 1.36. The molecule has 212 valence electrons. The molecule has 0 bridgehead atoms. The molecule has 2 unspecified atom stereocenters. The molecule has 0 radical (unpaired) electrons. The van der Waals surface area contributed by atoms with E-state index in [2.05, 4.69) is 13.8 Å². The van der Waals surface area contributed by atoms with Gasteiger partial charge < -0.3 is 29.1 Å². The molecule has 2 rings (SSSR count). The van der Waals surface area contributed by atoms with Crippen molar-refractivity contribution in [2.45, 2.75) is 62.4 Å². The average molecular weight is 569 g/mol. The van der Waals surface area contributed by atoms with Gasteiger partial charge in [0.15, 0.2) is 5.78 Å². The van der Waals surface area contributed by atoms with Gasteiger partial charge in [0, 0.05) is 48.0 Å². The van der Waals surface area contributed by atoms with Crippen LogP contribution in [0.25, 0.3) is 0 Å². The van der Waals surface area contributed by atoms with Crippen molar-refractivity contribution in [1.82, 2.24) is 0 Å². The third kappa shape index (κ3) is 11.1. The average Bonchev–Trinajstić information content (AvgIpc) is 2.93. The summed E-state index contributed by atoms with van der Waals surface area (Å²) in [5, 5.41) is 17.7. The highest BCUT2D eigenvalue weighted by atomic mass is 32.2. The fraction of sp³-hybridized carbons (Fsp3) is 0.536. The van der Waals surface area contributed by atoms with Crippen molar-refractivity contribution in [3.8, 4) is 11.5 Å². The Morgan fingerprint density at radius 1 is 0.895 bits per heavy atom. The Bertz CT molecular complexity index is 964. The summed E-state index contributed by atoms with van der Waals surface area (Å²) < 4.78 is 27.1. The van der Waals surface area contributed by atoms with E-state index in [1.165, 1.54) is 0 Å². The number of aliphatic hydroxyl groups is 2. The van der Waals surface area contributed by atoms with Crippen molar-refractivity contribution < 1.29 is 38.5 Å². The molecule has 0 aliphatic carbocycles. The first kappa shape index (κ1) is 32.3. The van der Waals surface area contributed by atoms with E-state index < -0.39 is 8.25 Å². The number of carbonyl (C=O) groups is 1. The molecule has 0 saturated heterocycles. The van der Waals surface area contributed by atoms with Gasteiger partial charge in [-0.1, -0.05) is 26.0 Å². The summed E-state index contributed by atoms with van der Waals surface area (Å²) >= 11 is 1.71. The molecule has 0 aromatic heterocycles. The molecule has 10 heteroatoms. The lowest BCUT2D eigenvalue weighted by Crippen LogP contribution is -2.26. The van der Waals surface area contributed by atoms with Crippen LogP contribution in [0.3, 0.4) is 0 Å². The highest BCUT2D eigenvalue weighted by Gasteiger charge is 2.32. The van der Waals surface area contributed by atoms with Gasteiger partial charge in [-0.3, -0.25) is 9.36 Å². The van der Waals surface area contributed by atoms with Crippen LogP contribution in [-0.4, -0.2) is 58.7 Å². The third-order valence-electron chi connectivity index (χ3n) is 6.41. The zero-order chi connectivity index (χ0) is 27.8. The molecule has 0 saturated carbocycles. The molecule has 38 heavy (non-hydrogen) atoms. The van der Waals surface area contributed by atoms with Gasteiger partial charge in [0.2, 0.25) is 0 Å². The molecule has 2 aromatic rings. The van der Waals surface area contributed by atoms with Gasteiger partial charge in [-0.15, -0.1) is 11.8 Å². The minimum absolute atomic E-state index is 0.00505. The second-order valence-electron chi connectivity index (χ2n) is 8.93. The Labute approximate surface area is 230 Å². The van der Waals surface area contributed by atoms with Crippen LogP contribution in [0.1, 0.15) is 73.5 Å². The first-order valence-electron chi connectivity index (χ1n) is 13.1. The summed E-state index contributed by atoms with van der Waals surface area (Å²) in [5.41, 5.74) is 1.58. The van der Waals surface area contributed by atoms with E-state index >= 15 is 0 Å².